The van der Waals surface area contributed by atoms with Crippen molar-refractivity contribution in [2.45, 2.75) is 96.3 Å². The first-order valence-corrected chi connectivity index (χ1v) is 12.5. The van der Waals surface area contributed by atoms with Crippen molar-refractivity contribution in [3.05, 3.63) is 41.5 Å². The van der Waals surface area contributed by atoms with E-state index in [0.29, 0.717) is 6.42 Å². The molecular weight excluding hydrogens is 371 g/mol. The maximum Gasteiger partial charge on any atom is 0.119 e. The second kappa shape index (κ2) is 12.5. The van der Waals surface area contributed by atoms with Crippen LogP contribution in [0.4, 0.5) is 4.39 Å². The van der Waals surface area contributed by atoms with Crippen molar-refractivity contribution in [3.63, 3.8) is 0 Å². The van der Waals surface area contributed by atoms with Gasteiger partial charge in [-0.2, -0.15) is 0 Å². The van der Waals surface area contributed by atoms with Crippen LogP contribution in [0.15, 0.2) is 30.4 Å². The fraction of sp³-hybridized carbons (Fsp3) is 0.714. The molecule has 0 radical (unpaired) electrons. The number of ether oxygens (including phenoxy) is 1. The topological polar surface area (TPSA) is 9.23 Å². The molecule has 0 heterocycles. The highest BCUT2D eigenvalue weighted by atomic mass is 19.1. The van der Waals surface area contributed by atoms with E-state index in [1.165, 1.54) is 81.8 Å². The molecular formula is C28H43FO. The minimum Gasteiger partial charge on any atom is -0.497 e. The lowest BCUT2D eigenvalue weighted by atomic mass is 9.73. The third kappa shape index (κ3) is 7.13. The van der Waals surface area contributed by atoms with Crippen LogP contribution in [0.5, 0.6) is 5.75 Å². The normalized spacial score (nSPS) is 27.4. The molecule has 0 atom stereocenters. The zero-order valence-corrected chi connectivity index (χ0v) is 19.4. The summed E-state index contributed by atoms with van der Waals surface area (Å²) in [6.07, 6.45) is 21.4. The molecule has 0 unspecified atom stereocenters. The van der Waals surface area contributed by atoms with Gasteiger partial charge in [-0.15, -0.1) is 0 Å². The zero-order valence-electron chi connectivity index (χ0n) is 19.4. The SMILES string of the molecule is COc1ccc(C)c(C2CCC(CCC3CCC(CC/C=C/CCF)CC3)CC2)c1. The largest absolute Gasteiger partial charge is 0.497 e. The summed E-state index contributed by atoms with van der Waals surface area (Å²) in [6.45, 7) is 2.03. The van der Waals surface area contributed by atoms with Crippen molar-refractivity contribution in [3.8, 4) is 5.75 Å². The van der Waals surface area contributed by atoms with E-state index in [1.807, 2.05) is 6.08 Å². The number of benzene rings is 1. The number of allylic oxidation sites excluding steroid dienone is 2. The number of alkyl halides is 1. The number of aryl methyl sites for hydroxylation is 1. The third-order valence-corrected chi connectivity index (χ3v) is 7.91. The maximum absolute atomic E-state index is 12.1. The van der Waals surface area contributed by atoms with Crippen LogP contribution in [0.25, 0.3) is 0 Å². The summed E-state index contributed by atoms with van der Waals surface area (Å²) in [5.41, 5.74) is 2.94. The molecule has 1 aromatic rings. The van der Waals surface area contributed by atoms with Crippen molar-refractivity contribution in [2.75, 3.05) is 13.8 Å². The average Bonchev–Trinajstić information content (AvgIpc) is 2.79. The maximum atomic E-state index is 12.1. The van der Waals surface area contributed by atoms with E-state index >= 15 is 0 Å². The van der Waals surface area contributed by atoms with Crippen LogP contribution in [0.1, 0.15) is 101 Å². The number of halogens is 1. The van der Waals surface area contributed by atoms with Crippen LogP contribution >= 0.6 is 0 Å². The summed E-state index contributed by atoms with van der Waals surface area (Å²) in [6, 6.07) is 6.58. The first-order valence-electron chi connectivity index (χ1n) is 12.5. The van der Waals surface area contributed by atoms with E-state index in [2.05, 4.69) is 31.2 Å². The highest BCUT2D eigenvalue weighted by molar-refractivity contribution is 5.37. The fourth-order valence-electron chi connectivity index (χ4n) is 5.86. The second-order valence-electron chi connectivity index (χ2n) is 9.93. The predicted octanol–water partition coefficient (Wildman–Crippen LogP) is 8.56. The van der Waals surface area contributed by atoms with Gasteiger partial charge >= 0.3 is 0 Å². The molecule has 0 aliphatic heterocycles. The summed E-state index contributed by atoms with van der Waals surface area (Å²) >= 11 is 0. The van der Waals surface area contributed by atoms with E-state index in [4.69, 9.17) is 4.74 Å². The molecule has 0 spiro atoms. The molecule has 2 fully saturated rings. The minimum absolute atomic E-state index is 0.218. The van der Waals surface area contributed by atoms with E-state index in [9.17, 15) is 4.39 Å². The van der Waals surface area contributed by atoms with E-state index in [0.717, 1.165) is 35.8 Å². The Balaban J connectivity index is 1.32. The van der Waals surface area contributed by atoms with Gasteiger partial charge in [-0.3, -0.25) is 4.39 Å². The number of hydrogen-bond acceptors (Lipinski definition) is 1. The Bertz CT molecular complexity index is 636. The average molecular weight is 415 g/mol. The third-order valence-electron chi connectivity index (χ3n) is 7.91. The lowest BCUT2D eigenvalue weighted by molar-refractivity contribution is 0.225. The molecule has 0 aromatic heterocycles. The number of hydrogen-bond donors (Lipinski definition) is 0. The van der Waals surface area contributed by atoms with Gasteiger partial charge in [-0.1, -0.05) is 56.7 Å². The van der Waals surface area contributed by atoms with Gasteiger partial charge in [0, 0.05) is 0 Å². The second-order valence-corrected chi connectivity index (χ2v) is 9.93. The Hall–Kier alpha value is -1.31. The van der Waals surface area contributed by atoms with Crippen molar-refractivity contribution >= 4 is 0 Å². The molecule has 0 saturated heterocycles. The van der Waals surface area contributed by atoms with Crippen molar-refractivity contribution in [1.29, 1.82) is 0 Å². The summed E-state index contributed by atoms with van der Waals surface area (Å²) < 4.78 is 17.6. The summed E-state index contributed by atoms with van der Waals surface area (Å²) in [4.78, 5) is 0. The Labute approximate surface area is 184 Å². The lowest BCUT2D eigenvalue weighted by Crippen LogP contribution is -2.18. The molecule has 0 amide bonds. The van der Waals surface area contributed by atoms with Crippen LogP contribution in [0.2, 0.25) is 0 Å². The Morgan fingerprint density at radius 2 is 1.40 bits per heavy atom. The monoisotopic (exact) mass is 414 g/mol. The number of methoxy groups -OCH3 is 1. The first kappa shape index (κ1) is 23.4. The Morgan fingerprint density at radius 3 is 2.00 bits per heavy atom. The summed E-state index contributed by atoms with van der Waals surface area (Å²) in [5.74, 6) is 4.57. The van der Waals surface area contributed by atoms with Crippen molar-refractivity contribution in [2.24, 2.45) is 17.8 Å². The molecule has 2 heteroatoms. The molecule has 1 nitrogen and oxygen atoms in total. The van der Waals surface area contributed by atoms with Gasteiger partial charge in [0.05, 0.1) is 13.8 Å². The number of rotatable bonds is 10. The van der Waals surface area contributed by atoms with Crippen molar-refractivity contribution < 1.29 is 9.13 Å². The van der Waals surface area contributed by atoms with Gasteiger partial charge < -0.3 is 4.74 Å². The van der Waals surface area contributed by atoms with Crippen molar-refractivity contribution in [1.82, 2.24) is 0 Å². The molecule has 2 saturated carbocycles. The molecule has 2 aliphatic carbocycles. The van der Waals surface area contributed by atoms with E-state index in [1.54, 1.807) is 7.11 Å². The van der Waals surface area contributed by atoms with Crippen LogP contribution < -0.4 is 4.74 Å². The minimum atomic E-state index is -0.218. The quantitative estimate of drug-likeness (QED) is 0.348. The summed E-state index contributed by atoms with van der Waals surface area (Å²) in [7, 11) is 1.77. The summed E-state index contributed by atoms with van der Waals surface area (Å²) in [5, 5.41) is 0. The van der Waals surface area contributed by atoms with Gasteiger partial charge in [0.1, 0.15) is 5.75 Å². The van der Waals surface area contributed by atoms with E-state index < -0.39 is 0 Å². The standard InChI is InChI=1S/C28H43FO/c1-22-8-19-27(30-2)21-28(22)26-17-15-25(16-18-26)14-13-24-11-9-23(10-12-24)7-5-3-4-6-20-29/h3-4,8,19,21,23-26H,5-7,9-18,20H2,1-2H3/b4-3+. The molecule has 3 rings (SSSR count). The first-order chi connectivity index (χ1) is 14.7. The molecule has 0 N–H and O–H groups in total. The van der Waals surface area contributed by atoms with E-state index in [-0.39, 0.29) is 6.67 Å². The molecule has 1 aromatic carbocycles. The van der Waals surface area contributed by atoms with Crippen LogP contribution in [-0.4, -0.2) is 13.8 Å². The van der Waals surface area contributed by atoms with Gasteiger partial charge in [0.2, 0.25) is 0 Å². The van der Waals surface area contributed by atoms with Crippen LogP contribution in [0.3, 0.4) is 0 Å². The Morgan fingerprint density at radius 1 is 0.833 bits per heavy atom. The molecule has 0 bridgehead atoms. The zero-order chi connectivity index (χ0) is 21.2. The Kier molecular flexibility index (Phi) is 9.75. The van der Waals surface area contributed by atoms with Gasteiger partial charge in [-0.25, -0.2) is 0 Å². The van der Waals surface area contributed by atoms with Gasteiger partial charge in [-0.05, 0) is 98.8 Å². The molecule has 2 aliphatic rings. The highest BCUT2D eigenvalue weighted by Gasteiger charge is 2.26. The highest BCUT2D eigenvalue weighted by Crippen LogP contribution is 2.41. The smallest absolute Gasteiger partial charge is 0.119 e. The lowest BCUT2D eigenvalue weighted by Gasteiger charge is -2.32. The van der Waals surface area contributed by atoms with Crippen LogP contribution in [0, 0.1) is 24.7 Å². The fourth-order valence-corrected chi connectivity index (χ4v) is 5.86. The van der Waals surface area contributed by atoms with Crippen LogP contribution in [-0.2, 0) is 0 Å². The predicted molar refractivity (Wildman–Crippen MR) is 126 cm³/mol. The molecule has 30 heavy (non-hydrogen) atoms. The van der Waals surface area contributed by atoms with Gasteiger partial charge in [0.25, 0.3) is 0 Å². The van der Waals surface area contributed by atoms with Gasteiger partial charge in [0.15, 0.2) is 0 Å². The molecule has 168 valence electrons.